The molecule has 0 spiro atoms. The second kappa shape index (κ2) is 6.48. The van der Waals surface area contributed by atoms with E-state index in [1.165, 1.54) is 6.42 Å². The molecular weight excluding hydrogens is 256 g/mol. The maximum atomic E-state index is 11.9. The van der Waals surface area contributed by atoms with Gasteiger partial charge in [-0.1, -0.05) is 29.8 Å². The molecule has 15 heavy (non-hydrogen) atoms. The molecule has 0 radical (unpaired) electrons. The smallest absolute Gasteiger partial charge is 0.236 e. The summed E-state index contributed by atoms with van der Waals surface area (Å²) < 4.78 is 0. The van der Waals surface area contributed by atoms with Gasteiger partial charge in [-0.2, -0.15) is 0 Å². The van der Waals surface area contributed by atoms with Crippen molar-refractivity contribution in [2.45, 2.75) is 31.5 Å². The van der Waals surface area contributed by atoms with Crippen LogP contribution < -0.4 is 0 Å². The number of hydrogen-bond donors (Lipinski definition) is 0. The molecule has 1 atom stereocenters. The highest BCUT2D eigenvalue weighted by molar-refractivity contribution is 9.10. The van der Waals surface area contributed by atoms with Crippen LogP contribution >= 0.6 is 15.9 Å². The fraction of sp³-hybridized carbons (Fsp3) is 0.909. The van der Waals surface area contributed by atoms with Crippen LogP contribution in [0.4, 0.5) is 0 Å². The summed E-state index contributed by atoms with van der Waals surface area (Å²) in [5, 5.41) is 0. The highest BCUT2D eigenvalue weighted by atomic mass is 79.9. The summed E-state index contributed by atoms with van der Waals surface area (Å²) in [5.41, 5.74) is 0. The topological polar surface area (TPSA) is 23.6 Å². The Balaban J connectivity index is 2.33. The number of hydrogen-bond acceptors (Lipinski definition) is 2. The average Bonchev–Trinajstić information content (AvgIpc) is 2.28. The molecule has 1 rings (SSSR count). The number of carbonyl (C=O) groups excluding carboxylic acids is 1. The molecule has 0 saturated carbocycles. The van der Waals surface area contributed by atoms with Crippen molar-refractivity contribution in [2.24, 2.45) is 0 Å². The van der Waals surface area contributed by atoms with Crippen molar-refractivity contribution >= 4 is 21.8 Å². The monoisotopic (exact) mass is 276 g/mol. The van der Waals surface area contributed by atoms with Crippen LogP contribution in [0.3, 0.4) is 0 Å². The van der Waals surface area contributed by atoms with Crippen LogP contribution in [0.1, 0.15) is 26.7 Å². The van der Waals surface area contributed by atoms with Gasteiger partial charge >= 0.3 is 0 Å². The Labute approximate surface area is 101 Å². The Kier molecular flexibility index (Phi) is 5.61. The fourth-order valence-corrected chi connectivity index (χ4v) is 2.17. The van der Waals surface area contributed by atoms with E-state index in [1.54, 1.807) is 0 Å². The van der Waals surface area contributed by atoms with Crippen molar-refractivity contribution in [1.29, 1.82) is 0 Å². The van der Waals surface area contributed by atoms with Crippen LogP contribution in [0.2, 0.25) is 0 Å². The molecule has 0 aromatic rings. The molecule has 0 aliphatic carbocycles. The Morgan fingerprint density at radius 2 is 1.87 bits per heavy atom. The summed E-state index contributed by atoms with van der Waals surface area (Å²) in [6.45, 7) is 9.23. The SMILES string of the molecule is CCCN1CCN(C(=O)C(Br)CC)CC1. The minimum Gasteiger partial charge on any atom is -0.339 e. The highest BCUT2D eigenvalue weighted by Crippen LogP contribution is 2.11. The van der Waals surface area contributed by atoms with Gasteiger partial charge in [0.1, 0.15) is 0 Å². The standard InChI is InChI=1S/C11H21BrN2O/c1-3-5-13-6-8-14(9-7-13)11(15)10(12)4-2/h10H,3-9H2,1-2H3. The van der Waals surface area contributed by atoms with Crippen molar-refractivity contribution in [3.8, 4) is 0 Å². The zero-order valence-electron chi connectivity index (χ0n) is 9.71. The summed E-state index contributed by atoms with van der Waals surface area (Å²) in [6.07, 6.45) is 2.07. The van der Waals surface area contributed by atoms with Gasteiger partial charge in [0, 0.05) is 26.2 Å². The van der Waals surface area contributed by atoms with E-state index in [-0.39, 0.29) is 10.7 Å². The predicted octanol–water partition coefficient (Wildman–Crippen LogP) is 1.71. The Morgan fingerprint density at radius 1 is 1.27 bits per heavy atom. The lowest BCUT2D eigenvalue weighted by molar-refractivity contribution is -0.132. The summed E-state index contributed by atoms with van der Waals surface area (Å²) in [7, 11) is 0. The number of amides is 1. The molecule has 1 unspecified atom stereocenters. The second-order valence-corrected chi connectivity index (χ2v) is 5.15. The lowest BCUT2D eigenvalue weighted by atomic mass is 10.2. The van der Waals surface area contributed by atoms with E-state index >= 15 is 0 Å². The van der Waals surface area contributed by atoms with Gasteiger partial charge < -0.3 is 4.90 Å². The molecule has 0 aromatic carbocycles. The van der Waals surface area contributed by atoms with Crippen molar-refractivity contribution in [3.05, 3.63) is 0 Å². The van der Waals surface area contributed by atoms with Gasteiger partial charge in [-0.05, 0) is 19.4 Å². The van der Waals surface area contributed by atoms with E-state index in [1.807, 2.05) is 11.8 Å². The van der Waals surface area contributed by atoms with E-state index < -0.39 is 0 Å². The van der Waals surface area contributed by atoms with Crippen LogP contribution in [0.5, 0.6) is 0 Å². The zero-order chi connectivity index (χ0) is 11.3. The number of rotatable bonds is 4. The Morgan fingerprint density at radius 3 is 2.33 bits per heavy atom. The number of alkyl halides is 1. The van der Waals surface area contributed by atoms with Crippen LogP contribution in [0.15, 0.2) is 0 Å². The maximum Gasteiger partial charge on any atom is 0.236 e. The summed E-state index contributed by atoms with van der Waals surface area (Å²) in [5.74, 6) is 0.258. The molecule has 3 nitrogen and oxygen atoms in total. The molecular formula is C11H21BrN2O. The Bertz CT molecular complexity index is 203. The van der Waals surface area contributed by atoms with Crippen molar-refractivity contribution in [1.82, 2.24) is 9.80 Å². The van der Waals surface area contributed by atoms with Gasteiger partial charge in [0.25, 0.3) is 0 Å². The third kappa shape index (κ3) is 3.76. The van der Waals surface area contributed by atoms with E-state index in [0.717, 1.165) is 39.1 Å². The van der Waals surface area contributed by atoms with Crippen LogP contribution in [0.25, 0.3) is 0 Å². The van der Waals surface area contributed by atoms with Crippen molar-refractivity contribution < 1.29 is 4.79 Å². The van der Waals surface area contributed by atoms with Crippen LogP contribution in [-0.4, -0.2) is 53.3 Å². The van der Waals surface area contributed by atoms with E-state index in [4.69, 9.17) is 0 Å². The summed E-state index contributed by atoms with van der Waals surface area (Å²) in [6, 6.07) is 0. The zero-order valence-corrected chi connectivity index (χ0v) is 11.3. The first-order valence-electron chi connectivity index (χ1n) is 5.84. The van der Waals surface area contributed by atoms with Crippen molar-refractivity contribution in [2.75, 3.05) is 32.7 Å². The summed E-state index contributed by atoms with van der Waals surface area (Å²) in [4.78, 5) is 16.3. The van der Waals surface area contributed by atoms with Crippen molar-refractivity contribution in [3.63, 3.8) is 0 Å². The Hall–Kier alpha value is -0.0900. The lowest BCUT2D eigenvalue weighted by Gasteiger charge is -2.35. The molecule has 0 N–H and O–H groups in total. The number of carbonyl (C=O) groups is 1. The van der Waals surface area contributed by atoms with Gasteiger partial charge in [0.15, 0.2) is 0 Å². The molecule has 0 aromatic heterocycles. The number of nitrogens with zero attached hydrogens (tertiary/aromatic N) is 2. The molecule has 1 amide bonds. The molecule has 4 heteroatoms. The van der Waals surface area contributed by atoms with E-state index in [2.05, 4.69) is 27.8 Å². The second-order valence-electron chi connectivity index (χ2n) is 4.04. The first-order chi connectivity index (χ1) is 7.19. The van der Waals surface area contributed by atoms with Gasteiger partial charge in [-0.3, -0.25) is 9.69 Å². The molecule has 1 fully saturated rings. The van der Waals surface area contributed by atoms with Gasteiger partial charge in [-0.15, -0.1) is 0 Å². The number of piperazine rings is 1. The first kappa shape index (κ1) is 13.0. The van der Waals surface area contributed by atoms with Gasteiger partial charge in [-0.25, -0.2) is 0 Å². The minimum absolute atomic E-state index is 0.00947. The molecule has 1 saturated heterocycles. The average molecular weight is 277 g/mol. The third-order valence-corrected chi connectivity index (χ3v) is 3.89. The largest absolute Gasteiger partial charge is 0.339 e. The molecule has 88 valence electrons. The quantitative estimate of drug-likeness (QED) is 0.730. The number of halogens is 1. The predicted molar refractivity (Wildman–Crippen MR) is 66.3 cm³/mol. The molecule has 1 aliphatic heterocycles. The van der Waals surface area contributed by atoms with Gasteiger partial charge in [0.05, 0.1) is 4.83 Å². The first-order valence-corrected chi connectivity index (χ1v) is 6.75. The fourth-order valence-electron chi connectivity index (χ4n) is 1.88. The summed E-state index contributed by atoms with van der Waals surface area (Å²) >= 11 is 3.42. The molecule has 0 bridgehead atoms. The maximum absolute atomic E-state index is 11.9. The minimum atomic E-state index is 0.00947. The van der Waals surface area contributed by atoms with Gasteiger partial charge in [0.2, 0.25) is 5.91 Å². The van der Waals surface area contributed by atoms with E-state index in [9.17, 15) is 4.79 Å². The van der Waals surface area contributed by atoms with Crippen LogP contribution in [-0.2, 0) is 4.79 Å². The molecule has 1 aliphatic rings. The highest BCUT2D eigenvalue weighted by Gasteiger charge is 2.24. The van der Waals surface area contributed by atoms with E-state index in [0.29, 0.717) is 0 Å². The molecule has 1 heterocycles. The van der Waals surface area contributed by atoms with Crippen LogP contribution in [0, 0.1) is 0 Å². The lowest BCUT2D eigenvalue weighted by Crippen LogP contribution is -2.50. The normalized spacial score (nSPS) is 20.3. The third-order valence-electron chi connectivity index (χ3n) is 2.85.